The first kappa shape index (κ1) is 15.0. The predicted octanol–water partition coefficient (Wildman–Crippen LogP) is 0.200. The number of rotatable bonds is 6. The number of nitrogens with two attached hydrogens (primary N) is 1. The number of hydrogen-bond donors (Lipinski definition) is 2. The van der Waals surface area contributed by atoms with Gasteiger partial charge in [-0.05, 0) is 34.1 Å². The van der Waals surface area contributed by atoms with E-state index >= 15 is 0 Å². The Morgan fingerprint density at radius 1 is 1.42 bits per heavy atom. The second-order valence-corrected chi connectivity index (χ2v) is 4.11. The van der Waals surface area contributed by atoms with E-state index in [-0.39, 0.29) is 6.54 Å². The summed E-state index contributed by atoms with van der Waals surface area (Å²) in [6, 6.07) is 3.32. The van der Waals surface area contributed by atoms with Crippen LogP contribution in [0.4, 0.5) is 0 Å². The van der Waals surface area contributed by atoms with Crippen molar-refractivity contribution in [2.75, 3.05) is 13.2 Å². The second kappa shape index (κ2) is 7.37. The lowest BCUT2D eigenvalue weighted by Crippen LogP contribution is -2.35. The van der Waals surface area contributed by atoms with Crippen LogP contribution in [0.1, 0.15) is 5.76 Å². The summed E-state index contributed by atoms with van der Waals surface area (Å²) in [6.45, 7) is -0.787. The number of ether oxygens (including phenoxy) is 1. The van der Waals surface area contributed by atoms with Gasteiger partial charge in [-0.15, -0.1) is 0 Å². The molecule has 0 atom stereocenters. The number of nitrogens with one attached hydrogen (secondary N) is 1. The van der Waals surface area contributed by atoms with Crippen LogP contribution in [0.15, 0.2) is 27.3 Å². The smallest absolute Gasteiger partial charge is 0.331 e. The Morgan fingerprint density at radius 3 is 2.74 bits per heavy atom. The molecule has 3 N–H and O–H groups in total. The van der Waals surface area contributed by atoms with Crippen molar-refractivity contribution >= 4 is 39.8 Å². The molecule has 7 nitrogen and oxygen atoms in total. The lowest BCUT2D eigenvalue weighted by atomic mass is 10.4. The van der Waals surface area contributed by atoms with E-state index in [1.165, 1.54) is 6.08 Å². The normalized spacial score (nSPS) is 10.4. The van der Waals surface area contributed by atoms with Crippen LogP contribution in [0.3, 0.4) is 0 Å². The fourth-order valence-corrected chi connectivity index (χ4v) is 1.31. The Bertz CT molecular complexity index is 509. The first-order chi connectivity index (χ1) is 8.97. The first-order valence-electron chi connectivity index (χ1n) is 5.12. The second-order valence-electron chi connectivity index (χ2n) is 3.33. The zero-order valence-corrected chi connectivity index (χ0v) is 11.3. The molecule has 1 heterocycles. The molecule has 0 aliphatic rings. The van der Waals surface area contributed by atoms with Gasteiger partial charge in [0.2, 0.25) is 5.91 Å². The van der Waals surface area contributed by atoms with Crippen molar-refractivity contribution in [1.29, 1.82) is 0 Å². The van der Waals surface area contributed by atoms with Crippen molar-refractivity contribution in [2.45, 2.75) is 0 Å². The fraction of sp³-hybridized carbons (Fsp3) is 0.182. The van der Waals surface area contributed by atoms with Gasteiger partial charge in [-0.1, -0.05) is 0 Å². The van der Waals surface area contributed by atoms with Gasteiger partial charge < -0.3 is 20.2 Å². The highest BCUT2D eigenvalue weighted by Crippen LogP contribution is 2.14. The van der Waals surface area contributed by atoms with E-state index in [1.807, 2.05) is 0 Å². The Kier molecular flexibility index (Phi) is 5.80. The van der Waals surface area contributed by atoms with Crippen molar-refractivity contribution in [1.82, 2.24) is 5.32 Å². The maximum Gasteiger partial charge on any atom is 0.331 e. The van der Waals surface area contributed by atoms with Crippen LogP contribution in [-0.2, 0) is 19.1 Å². The van der Waals surface area contributed by atoms with E-state index < -0.39 is 24.4 Å². The SMILES string of the molecule is NC(=O)CNC(=O)COC(=O)/C=C/c1ccc(Br)o1. The highest BCUT2D eigenvalue weighted by atomic mass is 79.9. The molecule has 0 aromatic carbocycles. The number of carbonyl (C=O) groups is 3. The molecule has 1 aromatic heterocycles. The number of esters is 1. The van der Waals surface area contributed by atoms with Crippen LogP contribution in [0.25, 0.3) is 6.08 Å². The molecule has 0 unspecified atom stereocenters. The van der Waals surface area contributed by atoms with Crippen molar-refractivity contribution in [3.05, 3.63) is 28.6 Å². The van der Waals surface area contributed by atoms with Gasteiger partial charge in [-0.25, -0.2) is 4.79 Å². The molecule has 102 valence electrons. The van der Waals surface area contributed by atoms with Gasteiger partial charge >= 0.3 is 5.97 Å². The minimum atomic E-state index is -0.707. The summed E-state index contributed by atoms with van der Waals surface area (Å²) in [6.07, 6.45) is 2.51. The molecule has 1 aromatic rings. The van der Waals surface area contributed by atoms with Crippen molar-refractivity contribution < 1.29 is 23.5 Å². The number of amides is 2. The van der Waals surface area contributed by atoms with Gasteiger partial charge in [-0.2, -0.15) is 0 Å². The molecule has 0 aliphatic heterocycles. The summed E-state index contributed by atoms with van der Waals surface area (Å²) in [5.74, 6) is -1.53. The molecule has 0 fully saturated rings. The molecule has 2 amide bonds. The van der Waals surface area contributed by atoms with Gasteiger partial charge in [0.15, 0.2) is 11.3 Å². The first-order valence-corrected chi connectivity index (χ1v) is 5.92. The molecule has 0 saturated heterocycles. The standard InChI is InChI=1S/C11H11BrN2O5/c12-8-3-1-7(19-8)2-4-11(17)18-6-10(16)14-5-9(13)15/h1-4H,5-6H2,(H2,13,15)(H,14,16)/b4-2+. The van der Waals surface area contributed by atoms with Gasteiger partial charge in [0.1, 0.15) is 5.76 Å². The van der Waals surface area contributed by atoms with Crippen molar-refractivity contribution in [3.8, 4) is 0 Å². The Balaban J connectivity index is 2.29. The van der Waals surface area contributed by atoms with Gasteiger partial charge in [0.25, 0.3) is 5.91 Å². The van der Waals surface area contributed by atoms with Crippen molar-refractivity contribution in [3.63, 3.8) is 0 Å². The molecule has 0 bridgehead atoms. The summed E-state index contributed by atoms with van der Waals surface area (Å²) < 4.78 is 10.3. The molecule has 0 spiro atoms. The Hall–Kier alpha value is -2.09. The van der Waals surface area contributed by atoms with E-state index in [4.69, 9.17) is 10.2 Å². The zero-order valence-electron chi connectivity index (χ0n) is 9.72. The molecule has 0 saturated carbocycles. The monoisotopic (exact) mass is 330 g/mol. The predicted molar refractivity (Wildman–Crippen MR) is 68.6 cm³/mol. The molecule has 0 radical (unpaired) electrons. The number of primary amides is 1. The van der Waals surface area contributed by atoms with Crippen LogP contribution in [0.2, 0.25) is 0 Å². The molecular weight excluding hydrogens is 320 g/mol. The summed E-state index contributed by atoms with van der Waals surface area (Å²) in [4.78, 5) is 32.7. The summed E-state index contributed by atoms with van der Waals surface area (Å²) >= 11 is 3.11. The van der Waals surface area contributed by atoms with E-state index in [0.717, 1.165) is 6.08 Å². The van der Waals surface area contributed by atoms with Crippen LogP contribution in [0.5, 0.6) is 0 Å². The third-order valence-electron chi connectivity index (χ3n) is 1.78. The average molecular weight is 331 g/mol. The molecular formula is C11H11BrN2O5. The van der Waals surface area contributed by atoms with Crippen molar-refractivity contribution in [2.24, 2.45) is 5.73 Å². The van der Waals surface area contributed by atoms with Crippen LogP contribution in [-0.4, -0.2) is 30.9 Å². The quantitative estimate of drug-likeness (QED) is 0.571. The maximum absolute atomic E-state index is 11.2. The zero-order chi connectivity index (χ0) is 14.3. The number of hydrogen-bond acceptors (Lipinski definition) is 5. The van der Waals surface area contributed by atoms with E-state index in [1.54, 1.807) is 12.1 Å². The molecule has 19 heavy (non-hydrogen) atoms. The van der Waals surface area contributed by atoms with E-state index in [2.05, 4.69) is 26.0 Å². The van der Waals surface area contributed by atoms with E-state index in [0.29, 0.717) is 10.4 Å². The fourth-order valence-electron chi connectivity index (χ4n) is 0.990. The number of halogens is 1. The third kappa shape index (κ3) is 6.41. The van der Waals surface area contributed by atoms with Gasteiger partial charge in [0.05, 0.1) is 6.54 Å². The number of carbonyl (C=O) groups excluding carboxylic acids is 3. The molecule has 8 heteroatoms. The van der Waals surface area contributed by atoms with Crippen LogP contribution < -0.4 is 11.1 Å². The van der Waals surface area contributed by atoms with Crippen LogP contribution >= 0.6 is 15.9 Å². The lowest BCUT2D eigenvalue weighted by molar-refractivity contribution is -0.143. The summed E-state index contributed by atoms with van der Waals surface area (Å²) in [5, 5.41) is 2.18. The minimum Gasteiger partial charge on any atom is -0.452 e. The lowest BCUT2D eigenvalue weighted by Gasteiger charge is -2.02. The largest absolute Gasteiger partial charge is 0.452 e. The Labute approximate surface area is 116 Å². The minimum absolute atomic E-state index is 0.299. The van der Waals surface area contributed by atoms with Gasteiger partial charge in [0, 0.05) is 6.08 Å². The van der Waals surface area contributed by atoms with Gasteiger partial charge in [-0.3, -0.25) is 9.59 Å². The summed E-state index contributed by atoms with van der Waals surface area (Å²) in [5.41, 5.74) is 4.82. The van der Waals surface area contributed by atoms with Crippen LogP contribution in [0, 0.1) is 0 Å². The topological polar surface area (TPSA) is 112 Å². The number of furan rings is 1. The summed E-state index contributed by atoms with van der Waals surface area (Å²) in [7, 11) is 0. The average Bonchev–Trinajstić information content (AvgIpc) is 2.77. The molecule has 1 rings (SSSR count). The maximum atomic E-state index is 11.2. The Morgan fingerprint density at radius 2 is 2.16 bits per heavy atom. The third-order valence-corrected chi connectivity index (χ3v) is 2.21. The van der Waals surface area contributed by atoms with E-state index in [9.17, 15) is 14.4 Å². The highest BCUT2D eigenvalue weighted by Gasteiger charge is 2.05. The molecule has 0 aliphatic carbocycles. The highest BCUT2D eigenvalue weighted by molar-refractivity contribution is 9.10.